The molecule has 0 unspecified atom stereocenters. The third-order valence-electron chi connectivity index (χ3n) is 2.41. The van der Waals surface area contributed by atoms with E-state index in [4.69, 9.17) is 10.5 Å². The summed E-state index contributed by atoms with van der Waals surface area (Å²) in [5, 5.41) is 0. The zero-order chi connectivity index (χ0) is 14.0. The first kappa shape index (κ1) is 13.5. The van der Waals surface area contributed by atoms with Gasteiger partial charge in [-0.3, -0.25) is 9.69 Å². The van der Waals surface area contributed by atoms with Gasteiger partial charge in [0, 0.05) is 5.69 Å². The Morgan fingerprint density at radius 1 is 1.42 bits per heavy atom. The Morgan fingerprint density at radius 2 is 2.16 bits per heavy atom. The summed E-state index contributed by atoms with van der Waals surface area (Å²) >= 11 is 0. The summed E-state index contributed by atoms with van der Waals surface area (Å²) < 4.78 is 45.6. The summed E-state index contributed by atoms with van der Waals surface area (Å²) in [5.74, 6) is -0.107. The lowest BCUT2D eigenvalue weighted by molar-refractivity contribution is -0.174. The maximum Gasteiger partial charge on any atom is 0.411 e. The number of hydrogen-bond acceptors (Lipinski definition) is 4. The topological polar surface area (TPSA) is 64.8 Å². The normalized spacial score (nSPS) is 15.1. The van der Waals surface area contributed by atoms with Crippen LogP contribution in [0.4, 0.5) is 24.5 Å². The molecule has 104 valence electrons. The molecule has 1 aliphatic heterocycles. The van der Waals surface area contributed by atoms with Gasteiger partial charge in [0.25, 0.3) is 5.91 Å². The summed E-state index contributed by atoms with van der Waals surface area (Å²) in [4.78, 5) is 12.7. The van der Waals surface area contributed by atoms with Gasteiger partial charge < -0.3 is 15.2 Å². The number of benzene rings is 1. The Balaban J connectivity index is 2.12. The number of fused-ring (bicyclic) bond motifs is 1. The third-order valence-corrected chi connectivity index (χ3v) is 2.41. The van der Waals surface area contributed by atoms with Crippen LogP contribution in [0, 0.1) is 0 Å². The van der Waals surface area contributed by atoms with Crippen molar-refractivity contribution in [1.82, 2.24) is 0 Å². The van der Waals surface area contributed by atoms with Gasteiger partial charge in [0.2, 0.25) is 0 Å². The van der Waals surface area contributed by atoms with Crippen molar-refractivity contribution in [3.8, 4) is 5.75 Å². The Bertz CT molecular complexity index is 491. The van der Waals surface area contributed by atoms with Crippen molar-refractivity contribution in [3.05, 3.63) is 18.2 Å². The van der Waals surface area contributed by atoms with Gasteiger partial charge in [-0.15, -0.1) is 0 Å². The minimum atomic E-state index is -4.44. The lowest BCUT2D eigenvalue weighted by atomic mass is 10.2. The Morgan fingerprint density at radius 3 is 2.84 bits per heavy atom. The van der Waals surface area contributed by atoms with Crippen LogP contribution in [0.5, 0.6) is 5.75 Å². The molecule has 0 atom stereocenters. The number of nitrogens with two attached hydrogens (primary N) is 1. The number of nitrogens with zero attached hydrogens (tertiary/aromatic N) is 1. The number of nitrogen functional groups attached to an aromatic ring is 1. The monoisotopic (exact) mass is 276 g/mol. The molecular formula is C11H11F3N2O3. The van der Waals surface area contributed by atoms with E-state index in [-0.39, 0.29) is 6.61 Å². The van der Waals surface area contributed by atoms with Crippen LogP contribution < -0.4 is 15.4 Å². The number of carbonyl (C=O) groups excluding carboxylic acids is 1. The first-order valence-electron chi connectivity index (χ1n) is 5.34. The third kappa shape index (κ3) is 3.28. The van der Waals surface area contributed by atoms with E-state index in [1.807, 2.05) is 0 Å². The zero-order valence-electron chi connectivity index (χ0n) is 9.74. The molecule has 5 nitrogen and oxygen atoms in total. The zero-order valence-corrected chi connectivity index (χ0v) is 9.74. The Kier molecular flexibility index (Phi) is 3.52. The second-order valence-electron chi connectivity index (χ2n) is 3.93. The smallest absolute Gasteiger partial charge is 0.411 e. The average Bonchev–Trinajstić information content (AvgIpc) is 2.30. The highest BCUT2D eigenvalue weighted by atomic mass is 19.4. The molecule has 1 aromatic carbocycles. The molecule has 1 aromatic rings. The molecule has 0 saturated heterocycles. The largest absolute Gasteiger partial charge is 0.482 e. The first-order chi connectivity index (χ1) is 8.87. The van der Waals surface area contributed by atoms with Crippen LogP contribution in [0.1, 0.15) is 0 Å². The molecule has 0 radical (unpaired) electrons. The van der Waals surface area contributed by atoms with Crippen LogP contribution in [0.25, 0.3) is 0 Å². The number of anilines is 2. The lowest BCUT2D eigenvalue weighted by Gasteiger charge is -2.29. The van der Waals surface area contributed by atoms with E-state index in [1.54, 1.807) is 12.1 Å². The van der Waals surface area contributed by atoms with E-state index in [9.17, 15) is 18.0 Å². The fourth-order valence-electron chi connectivity index (χ4n) is 1.61. The summed E-state index contributed by atoms with van der Waals surface area (Å²) in [6.45, 7) is -2.17. The molecule has 8 heteroatoms. The van der Waals surface area contributed by atoms with Gasteiger partial charge in [-0.25, -0.2) is 0 Å². The number of alkyl halides is 3. The van der Waals surface area contributed by atoms with E-state index in [0.717, 1.165) is 4.90 Å². The molecule has 0 spiro atoms. The van der Waals surface area contributed by atoms with Gasteiger partial charge >= 0.3 is 6.18 Å². The van der Waals surface area contributed by atoms with E-state index >= 15 is 0 Å². The molecule has 0 aromatic heterocycles. The second-order valence-corrected chi connectivity index (χ2v) is 3.93. The van der Waals surface area contributed by atoms with Crippen molar-refractivity contribution >= 4 is 17.3 Å². The quantitative estimate of drug-likeness (QED) is 0.850. The minimum absolute atomic E-state index is 0.244. The Hall–Kier alpha value is -1.96. The summed E-state index contributed by atoms with van der Waals surface area (Å²) in [6, 6.07) is 4.57. The Labute approximate surface area is 106 Å². The fourth-order valence-corrected chi connectivity index (χ4v) is 1.61. The van der Waals surface area contributed by atoms with Crippen LogP contribution >= 0.6 is 0 Å². The number of hydrogen-bond donors (Lipinski definition) is 1. The van der Waals surface area contributed by atoms with Gasteiger partial charge in [-0.1, -0.05) is 0 Å². The van der Waals surface area contributed by atoms with Crippen LogP contribution in [0.2, 0.25) is 0 Å². The van der Waals surface area contributed by atoms with Gasteiger partial charge in [-0.2, -0.15) is 13.2 Å². The van der Waals surface area contributed by atoms with Gasteiger partial charge in [0.05, 0.1) is 5.69 Å². The molecule has 1 heterocycles. The summed E-state index contributed by atoms with van der Waals surface area (Å²) in [5.41, 5.74) is 6.25. The summed E-state index contributed by atoms with van der Waals surface area (Å²) in [6.07, 6.45) is -4.44. The standard InChI is InChI=1S/C11H11F3N2O3/c12-11(13,14)5-18-6-16-8-3-7(15)1-2-9(8)19-4-10(16)17/h1-3H,4-6,15H2. The maximum absolute atomic E-state index is 12.0. The van der Waals surface area contributed by atoms with Crippen molar-refractivity contribution in [1.29, 1.82) is 0 Å². The van der Waals surface area contributed by atoms with E-state index in [2.05, 4.69) is 4.74 Å². The van der Waals surface area contributed by atoms with Crippen LogP contribution in [0.3, 0.4) is 0 Å². The van der Waals surface area contributed by atoms with Crippen LogP contribution in [-0.2, 0) is 9.53 Å². The number of carbonyl (C=O) groups is 1. The van der Waals surface area contributed by atoms with E-state index in [0.29, 0.717) is 17.1 Å². The van der Waals surface area contributed by atoms with Crippen molar-refractivity contribution in [3.63, 3.8) is 0 Å². The molecule has 0 aliphatic carbocycles. The number of halogens is 3. The molecular weight excluding hydrogens is 265 g/mol. The first-order valence-corrected chi connectivity index (χ1v) is 5.34. The highest BCUT2D eigenvalue weighted by Gasteiger charge is 2.30. The molecule has 2 N–H and O–H groups in total. The van der Waals surface area contributed by atoms with Crippen molar-refractivity contribution in [2.75, 3.05) is 30.6 Å². The van der Waals surface area contributed by atoms with Crippen molar-refractivity contribution in [2.24, 2.45) is 0 Å². The maximum atomic E-state index is 12.0. The lowest BCUT2D eigenvalue weighted by Crippen LogP contribution is -2.41. The second kappa shape index (κ2) is 4.96. The van der Waals surface area contributed by atoms with Crippen LogP contribution in [0.15, 0.2) is 18.2 Å². The summed E-state index contributed by atoms with van der Waals surface area (Å²) in [7, 11) is 0. The van der Waals surface area contributed by atoms with Gasteiger partial charge in [-0.05, 0) is 18.2 Å². The molecule has 0 bridgehead atoms. The fraction of sp³-hybridized carbons (Fsp3) is 0.364. The molecule has 0 fully saturated rings. The number of ether oxygens (including phenoxy) is 2. The molecule has 0 saturated carbocycles. The molecule has 1 amide bonds. The predicted octanol–water partition coefficient (Wildman–Crippen LogP) is 1.53. The molecule has 1 aliphatic rings. The van der Waals surface area contributed by atoms with Gasteiger partial charge in [0.1, 0.15) is 19.1 Å². The van der Waals surface area contributed by atoms with Crippen LogP contribution in [-0.4, -0.2) is 32.0 Å². The average molecular weight is 276 g/mol. The SMILES string of the molecule is Nc1ccc2c(c1)N(COCC(F)(F)F)C(=O)CO2. The van der Waals surface area contributed by atoms with E-state index in [1.165, 1.54) is 6.07 Å². The number of rotatable bonds is 3. The number of amides is 1. The van der Waals surface area contributed by atoms with E-state index < -0.39 is 25.4 Å². The highest BCUT2D eigenvalue weighted by Crippen LogP contribution is 2.33. The molecule has 2 rings (SSSR count). The van der Waals surface area contributed by atoms with Gasteiger partial charge in [0.15, 0.2) is 6.61 Å². The minimum Gasteiger partial charge on any atom is -0.482 e. The van der Waals surface area contributed by atoms with Crippen molar-refractivity contribution < 1.29 is 27.4 Å². The van der Waals surface area contributed by atoms with Crippen molar-refractivity contribution in [2.45, 2.75) is 6.18 Å². The predicted molar refractivity (Wildman–Crippen MR) is 60.7 cm³/mol. The molecule has 19 heavy (non-hydrogen) atoms. The highest BCUT2D eigenvalue weighted by molar-refractivity contribution is 5.98.